The van der Waals surface area contributed by atoms with E-state index in [0.29, 0.717) is 29.6 Å². The summed E-state index contributed by atoms with van der Waals surface area (Å²) in [5.74, 6) is -1.97. The summed E-state index contributed by atoms with van der Waals surface area (Å²) in [6, 6.07) is 5.46. The maximum atomic E-state index is 13.2. The van der Waals surface area contributed by atoms with Crippen LogP contribution in [0.4, 0.5) is 18.9 Å². The predicted molar refractivity (Wildman–Crippen MR) is 94.5 cm³/mol. The number of hydrogen-bond acceptors (Lipinski definition) is 4. The molecule has 0 fully saturated rings. The van der Waals surface area contributed by atoms with Gasteiger partial charge in [-0.1, -0.05) is 0 Å². The first kappa shape index (κ1) is 21.4. The molecule has 2 rings (SSSR count). The number of carbonyl (C=O) groups excluding carboxylic acids is 1. The van der Waals surface area contributed by atoms with E-state index < -0.39 is 23.4 Å². The lowest BCUT2D eigenvalue weighted by molar-refractivity contribution is -0.143. The second-order valence-corrected chi connectivity index (χ2v) is 6.24. The Kier molecular flexibility index (Phi) is 6.79. The van der Waals surface area contributed by atoms with E-state index >= 15 is 0 Å². The molecule has 1 aromatic heterocycles. The van der Waals surface area contributed by atoms with Gasteiger partial charge in [0.25, 0.3) is 0 Å². The van der Waals surface area contributed by atoms with Crippen LogP contribution < -0.4 is 5.32 Å². The molecule has 2 N–H and O–H groups in total. The van der Waals surface area contributed by atoms with Crippen LogP contribution in [0, 0.1) is 0 Å². The van der Waals surface area contributed by atoms with Crippen molar-refractivity contribution >= 4 is 17.6 Å². The smallest absolute Gasteiger partial charge is 0.434 e. The Labute approximate surface area is 159 Å². The molecule has 0 aliphatic rings. The minimum absolute atomic E-state index is 0.0168. The van der Waals surface area contributed by atoms with Crippen molar-refractivity contribution in [1.82, 2.24) is 9.78 Å². The average molecular weight is 399 g/mol. The zero-order chi connectivity index (χ0) is 20.9. The van der Waals surface area contributed by atoms with Crippen LogP contribution in [0.1, 0.15) is 42.7 Å². The number of carboxylic acids is 1. The maximum Gasteiger partial charge on any atom is 0.434 e. The van der Waals surface area contributed by atoms with Crippen molar-refractivity contribution in [3.05, 3.63) is 41.7 Å². The van der Waals surface area contributed by atoms with Crippen LogP contribution >= 0.6 is 0 Å². The first-order valence-corrected chi connectivity index (χ1v) is 8.50. The minimum atomic E-state index is -4.89. The van der Waals surface area contributed by atoms with Crippen LogP contribution in [0.5, 0.6) is 0 Å². The molecule has 0 saturated carbocycles. The highest BCUT2D eigenvalue weighted by atomic mass is 19.4. The summed E-state index contributed by atoms with van der Waals surface area (Å²) in [5.41, 5.74) is -1.89. The number of halogens is 3. The maximum absolute atomic E-state index is 13.2. The van der Waals surface area contributed by atoms with Crippen molar-refractivity contribution in [1.29, 1.82) is 0 Å². The van der Waals surface area contributed by atoms with Gasteiger partial charge in [0.1, 0.15) is 5.56 Å². The summed E-state index contributed by atoms with van der Waals surface area (Å²) in [6.45, 7) is 4.24. The van der Waals surface area contributed by atoms with E-state index in [1.165, 1.54) is 24.3 Å². The Morgan fingerprint density at radius 1 is 1.25 bits per heavy atom. The number of carboxylic acid groups (broad SMARTS) is 1. The SMILES string of the molecule is CC(C)OCCCC(=O)Nc1ccc(-n2ncc(C(=O)O)c2C(F)(F)F)cc1. The van der Waals surface area contributed by atoms with E-state index in [2.05, 4.69) is 10.4 Å². The lowest BCUT2D eigenvalue weighted by atomic mass is 10.2. The number of carbonyl (C=O) groups is 2. The molecule has 1 amide bonds. The monoisotopic (exact) mass is 399 g/mol. The number of nitrogens with zero attached hydrogens (tertiary/aromatic N) is 2. The molecule has 0 radical (unpaired) electrons. The Bertz CT molecular complexity index is 830. The molecule has 0 aliphatic heterocycles. The third kappa shape index (κ3) is 5.56. The molecule has 0 saturated heterocycles. The Morgan fingerprint density at radius 2 is 1.89 bits per heavy atom. The molecule has 28 heavy (non-hydrogen) atoms. The standard InChI is InChI=1S/C18H20F3N3O4/c1-11(2)28-9-3-4-15(25)23-12-5-7-13(8-6-12)24-16(18(19,20)21)14(10-22-24)17(26)27/h5-8,10-11H,3-4,9H2,1-2H3,(H,23,25)(H,26,27). The fourth-order valence-electron chi connectivity index (χ4n) is 2.43. The lowest BCUT2D eigenvalue weighted by Gasteiger charge is -2.12. The van der Waals surface area contributed by atoms with Crippen LogP contribution in [0.15, 0.2) is 30.5 Å². The summed E-state index contributed by atoms with van der Waals surface area (Å²) >= 11 is 0. The topological polar surface area (TPSA) is 93.5 Å². The number of nitrogens with one attached hydrogen (secondary N) is 1. The largest absolute Gasteiger partial charge is 0.478 e. The Hall–Kier alpha value is -2.88. The number of ether oxygens (including phenoxy) is 1. The van der Waals surface area contributed by atoms with Gasteiger partial charge in [-0.25, -0.2) is 9.48 Å². The summed E-state index contributed by atoms with van der Waals surface area (Å²) < 4.78 is 45.6. The van der Waals surface area contributed by atoms with Gasteiger partial charge in [-0.15, -0.1) is 0 Å². The molecule has 0 spiro atoms. The fraction of sp³-hybridized carbons (Fsp3) is 0.389. The van der Waals surface area contributed by atoms with Crippen LogP contribution in [0.25, 0.3) is 5.69 Å². The van der Waals surface area contributed by atoms with Crippen LogP contribution in [0.3, 0.4) is 0 Å². The summed E-state index contributed by atoms with van der Waals surface area (Å²) in [4.78, 5) is 22.9. The van der Waals surface area contributed by atoms with Crippen molar-refractivity contribution in [2.24, 2.45) is 0 Å². The zero-order valence-electron chi connectivity index (χ0n) is 15.3. The van der Waals surface area contributed by atoms with Gasteiger partial charge < -0.3 is 15.2 Å². The lowest BCUT2D eigenvalue weighted by Crippen LogP contribution is -2.17. The molecule has 0 atom stereocenters. The van der Waals surface area contributed by atoms with Crippen LogP contribution in [-0.4, -0.2) is 39.5 Å². The third-order valence-electron chi connectivity index (χ3n) is 3.66. The second kappa shape index (κ2) is 8.87. The number of benzene rings is 1. The number of hydrogen-bond donors (Lipinski definition) is 2. The minimum Gasteiger partial charge on any atom is -0.478 e. The normalized spacial score (nSPS) is 11.6. The van der Waals surface area contributed by atoms with E-state index in [1.54, 1.807) is 0 Å². The van der Waals surface area contributed by atoms with E-state index in [-0.39, 0.29) is 24.1 Å². The van der Waals surface area contributed by atoms with Crippen molar-refractivity contribution < 1.29 is 32.6 Å². The third-order valence-corrected chi connectivity index (χ3v) is 3.66. The number of rotatable bonds is 8. The number of amides is 1. The molecule has 2 aromatic rings. The zero-order valence-corrected chi connectivity index (χ0v) is 15.3. The van der Waals surface area contributed by atoms with E-state index in [4.69, 9.17) is 9.84 Å². The first-order valence-electron chi connectivity index (χ1n) is 8.50. The molecule has 0 bridgehead atoms. The highest BCUT2D eigenvalue weighted by Gasteiger charge is 2.40. The van der Waals surface area contributed by atoms with Crippen LogP contribution in [-0.2, 0) is 15.7 Å². The van der Waals surface area contributed by atoms with E-state index in [1.807, 2.05) is 13.8 Å². The summed E-state index contributed by atoms with van der Waals surface area (Å²) in [6.07, 6.45) is -3.37. The molecule has 0 unspecified atom stereocenters. The van der Waals surface area contributed by atoms with Crippen molar-refractivity contribution in [2.75, 3.05) is 11.9 Å². The van der Waals surface area contributed by atoms with Crippen molar-refractivity contribution in [2.45, 2.75) is 39.0 Å². The molecule has 7 nitrogen and oxygen atoms in total. The summed E-state index contributed by atoms with van der Waals surface area (Å²) in [7, 11) is 0. The van der Waals surface area contributed by atoms with Crippen LogP contribution in [0.2, 0.25) is 0 Å². The molecule has 1 aromatic carbocycles. The Balaban J connectivity index is 2.09. The summed E-state index contributed by atoms with van der Waals surface area (Å²) in [5, 5.41) is 15.1. The quantitative estimate of drug-likeness (QED) is 0.660. The Morgan fingerprint density at radius 3 is 2.43 bits per heavy atom. The molecule has 152 valence electrons. The van der Waals surface area contributed by atoms with Gasteiger partial charge in [0, 0.05) is 18.7 Å². The number of alkyl halides is 3. The molecule has 1 heterocycles. The van der Waals surface area contributed by atoms with Gasteiger partial charge in [0.05, 0.1) is 18.0 Å². The fourth-order valence-corrected chi connectivity index (χ4v) is 2.43. The van der Waals surface area contributed by atoms with E-state index in [0.717, 1.165) is 0 Å². The molecule has 0 aliphatic carbocycles. The van der Waals surface area contributed by atoms with Gasteiger partial charge in [0.15, 0.2) is 5.69 Å². The highest BCUT2D eigenvalue weighted by molar-refractivity contribution is 5.91. The first-order chi connectivity index (χ1) is 13.1. The number of anilines is 1. The van der Waals surface area contributed by atoms with Gasteiger partial charge in [0.2, 0.25) is 5.91 Å². The second-order valence-electron chi connectivity index (χ2n) is 6.24. The number of aromatic carboxylic acids is 1. The molecular weight excluding hydrogens is 379 g/mol. The van der Waals surface area contributed by atoms with Gasteiger partial charge in [-0.3, -0.25) is 4.79 Å². The molecule has 10 heteroatoms. The number of aromatic nitrogens is 2. The molecular formula is C18H20F3N3O4. The van der Waals surface area contributed by atoms with Crippen molar-refractivity contribution in [3.8, 4) is 5.69 Å². The van der Waals surface area contributed by atoms with Gasteiger partial charge in [-0.05, 0) is 44.5 Å². The average Bonchev–Trinajstić information content (AvgIpc) is 3.05. The van der Waals surface area contributed by atoms with Crippen molar-refractivity contribution in [3.63, 3.8) is 0 Å². The highest BCUT2D eigenvalue weighted by Crippen LogP contribution is 2.33. The van der Waals surface area contributed by atoms with E-state index in [9.17, 15) is 22.8 Å². The van der Waals surface area contributed by atoms with Gasteiger partial charge >= 0.3 is 12.1 Å². The van der Waals surface area contributed by atoms with Gasteiger partial charge in [-0.2, -0.15) is 18.3 Å². The predicted octanol–water partition coefficient (Wildman–Crippen LogP) is 3.73.